The summed E-state index contributed by atoms with van der Waals surface area (Å²) in [4.78, 5) is 11.3. The number of hydrogen-bond acceptors (Lipinski definition) is 3. The van der Waals surface area contributed by atoms with Crippen LogP contribution in [0.15, 0.2) is 30.3 Å². The van der Waals surface area contributed by atoms with Gasteiger partial charge in [0.25, 0.3) is 0 Å². The Hall–Kier alpha value is -1.40. The van der Waals surface area contributed by atoms with Gasteiger partial charge in [-0.15, -0.1) is 0 Å². The standard InChI is InChI=1S/C15H21NO4S/c17-15(18)14(13-9-5-2-6-10-13)16-21(19,20)11-12-7-3-1-4-8-12/h2,5-6,9-10,12,14,16H,1,3-4,7-8,11H2,(H,17,18). The van der Waals surface area contributed by atoms with E-state index in [1.807, 2.05) is 0 Å². The molecule has 116 valence electrons. The van der Waals surface area contributed by atoms with Crippen molar-refractivity contribution in [2.45, 2.75) is 38.1 Å². The number of carboxylic acid groups (broad SMARTS) is 1. The maximum absolute atomic E-state index is 12.2. The Bertz CT molecular complexity index is 565. The van der Waals surface area contributed by atoms with E-state index in [1.165, 1.54) is 0 Å². The summed E-state index contributed by atoms with van der Waals surface area (Å²) in [6.45, 7) is 0. The van der Waals surface area contributed by atoms with Crippen LogP contribution in [0.3, 0.4) is 0 Å². The van der Waals surface area contributed by atoms with Crippen LogP contribution in [0.2, 0.25) is 0 Å². The van der Waals surface area contributed by atoms with Crippen LogP contribution in [-0.2, 0) is 14.8 Å². The summed E-state index contributed by atoms with van der Waals surface area (Å²) < 4.78 is 26.8. The summed E-state index contributed by atoms with van der Waals surface area (Å²) in [5.41, 5.74) is 0.442. The van der Waals surface area contributed by atoms with Crippen LogP contribution in [0.4, 0.5) is 0 Å². The second-order valence-electron chi connectivity index (χ2n) is 5.59. The topological polar surface area (TPSA) is 83.5 Å². The predicted molar refractivity (Wildman–Crippen MR) is 80.3 cm³/mol. The van der Waals surface area contributed by atoms with E-state index in [0.29, 0.717) is 5.56 Å². The zero-order valence-electron chi connectivity index (χ0n) is 11.9. The van der Waals surface area contributed by atoms with Crippen LogP contribution in [-0.4, -0.2) is 25.2 Å². The second-order valence-corrected chi connectivity index (χ2v) is 7.38. The lowest BCUT2D eigenvalue weighted by Gasteiger charge is -2.22. The van der Waals surface area contributed by atoms with E-state index in [4.69, 9.17) is 0 Å². The first-order valence-electron chi connectivity index (χ1n) is 7.26. The van der Waals surface area contributed by atoms with Crippen LogP contribution in [0.25, 0.3) is 0 Å². The minimum Gasteiger partial charge on any atom is -0.480 e. The molecule has 5 nitrogen and oxygen atoms in total. The van der Waals surface area contributed by atoms with Crippen LogP contribution in [0.1, 0.15) is 43.7 Å². The van der Waals surface area contributed by atoms with Crippen molar-refractivity contribution in [3.63, 3.8) is 0 Å². The predicted octanol–water partition coefficient (Wildman–Crippen LogP) is 2.31. The molecule has 0 aromatic heterocycles. The maximum Gasteiger partial charge on any atom is 0.326 e. The van der Waals surface area contributed by atoms with Crippen molar-refractivity contribution < 1.29 is 18.3 Å². The molecule has 0 aliphatic heterocycles. The number of benzene rings is 1. The number of aliphatic carboxylic acids is 1. The molecule has 1 aliphatic rings. The minimum atomic E-state index is -3.60. The number of carboxylic acids is 1. The first-order valence-corrected chi connectivity index (χ1v) is 8.91. The van der Waals surface area contributed by atoms with Gasteiger partial charge in [0.2, 0.25) is 10.0 Å². The molecule has 1 aliphatic carbocycles. The van der Waals surface area contributed by atoms with Crippen LogP contribution in [0, 0.1) is 5.92 Å². The molecule has 0 saturated heterocycles. The van der Waals surface area contributed by atoms with Crippen molar-refractivity contribution in [1.29, 1.82) is 0 Å². The summed E-state index contributed by atoms with van der Waals surface area (Å²) in [5.74, 6) is -1.03. The molecule has 2 rings (SSSR count). The Morgan fingerprint density at radius 3 is 2.38 bits per heavy atom. The van der Waals surface area contributed by atoms with Crippen molar-refractivity contribution in [2.24, 2.45) is 5.92 Å². The van der Waals surface area contributed by atoms with Gasteiger partial charge < -0.3 is 5.11 Å². The Balaban J connectivity index is 2.07. The largest absolute Gasteiger partial charge is 0.480 e. The lowest BCUT2D eigenvalue weighted by molar-refractivity contribution is -0.139. The Morgan fingerprint density at radius 1 is 1.19 bits per heavy atom. The maximum atomic E-state index is 12.2. The van der Waals surface area contributed by atoms with Gasteiger partial charge >= 0.3 is 5.97 Å². The van der Waals surface area contributed by atoms with Gasteiger partial charge in [0, 0.05) is 0 Å². The van der Waals surface area contributed by atoms with Gasteiger partial charge in [0.1, 0.15) is 6.04 Å². The van der Waals surface area contributed by atoms with Crippen LogP contribution < -0.4 is 4.72 Å². The molecule has 0 radical (unpaired) electrons. The third-order valence-electron chi connectivity index (χ3n) is 3.86. The Morgan fingerprint density at radius 2 is 1.81 bits per heavy atom. The van der Waals surface area contributed by atoms with Gasteiger partial charge in [-0.1, -0.05) is 49.6 Å². The molecule has 0 heterocycles. The van der Waals surface area contributed by atoms with E-state index >= 15 is 0 Å². The zero-order chi connectivity index (χ0) is 15.3. The normalized spacial score (nSPS) is 18.3. The quantitative estimate of drug-likeness (QED) is 0.844. The highest BCUT2D eigenvalue weighted by Crippen LogP contribution is 2.25. The number of nitrogens with one attached hydrogen (secondary N) is 1. The number of rotatable bonds is 6. The van der Waals surface area contributed by atoms with Crippen LogP contribution in [0.5, 0.6) is 0 Å². The zero-order valence-corrected chi connectivity index (χ0v) is 12.7. The molecule has 1 saturated carbocycles. The molecule has 0 spiro atoms. The van der Waals surface area contributed by atoms with Crippen molar-refractivity contribution in [2.75, 3.05) is 5.75 Å². The summed E-state index contributed by atoms with van der Waals surface area (Å²) >= 11 is 0. The van der Waals surface area contributed by atoms with Gasteiger partial charge in [0.15, 0.2) is 0 Å². The average molecular weight is 311 g/mol. The SMILES string of the molecule is O=C(O)C(NS(=O)(=O)CC1CCCCC1)c1ccccc1. The highest BCUT2D eigenvalue weighted by molar-refractivity contribution is 7.89. The van der Waals surface area contributed by atoms with Gasteiger partial charge in [-0.2, -0.15) is 4.72 Å². The van der Waals surface area contributed by atoms with Crippen molar-refractivity contribution in [3.05, 3.63) is 35.9 Å². The monoisotopic (exact) mass is 311 g/mol. The van der Waals surface area contributed by atoms with Gasteiger partial charge in [-0.3, -0.25) is 4.79 Å². The first kappa shape index (κ1) is 16.0. The van der Waals surface area contributed by atoms with E-state index in [-0.39, 0.29) is 11.7 Å². The van der Waals surface area contributed by atoms with Crippen LogP contribution >= 0.6 is 0 Å². The summed E-state index contributed by atoms with van der Waals surface area (Å²) in [6.07, 6.45) is 5.09. The number of hydrogen-bond donors (Lipinski definition) is 2. The summed E-state index contributed by atoms with van der Waals surface area (Å²) in [5, 5.41) is 9.27. The van der Waals surface area contributed by atoms with Gasteiger partial charge in [-0.05, 0) is 24.3 Å². The van der Waals surface area contributed by atoms with Crippen molar-refractivity contribution in [1.82, 2.24) is 4.72 Å². The highest BCUT2D eigenvalue weighted by atomic mass is 32.2. The lowest BCUT2D eigenvalue weighted by Crippen LogP contribution is -2.37. The fourth-order valence-corrected chi connectivity index (χ4v) is 4.44. The molecular formula is C15H21NO4S. The van der Waals surface area contributed by atoms with Crippen molar-refractivity contribution in [3.8, 4) is 0 Å². The Kier molecular flexibility index (Phi) is 5.36. The molecule has 1 unspecified atom stereocenters. The summed E-state index contributed by atoms with van der Waals surface area (Å²) in [7, 11) is -3.60. The molecule has 6 heteroatoms. The Labute approximate surface area is 125 Å². The molecule has 1 aromatic rings. The van der Waals surface area contributed by atoms with E-state index in [9.17, 15) is 18.3 Å². The van der Waals surface area contributed by atoms with Gasteiger partial charge in [-0.25, -0.2) is 8.42 Å². The van der Waals surface area contributed by atoms with E-state index in [2.05, 4.69) is 4.72 Å². The summed E-state index contributed by atoms with van der Waals surface area (Å²) in [6, 6.07) is 7.16. The number of sulfonamides is 1. The highest BCUT2D eigenvalue weighted by Gasteiger charge is 2.28. The van der Waals surface area contributed by atoms with E-state index in [1.54, 1.807) is 30.3 Å². The van der Waals surface area contributed by atoms with Gasteiger partial charge in [0.05, 0.1) is 5.75 Å². The first-order chi connectivity index (χ1) is 9.98. The van der Waals surface area contributed by atoms with Crippen molar-refractivity contribution >= 4 is 16.0 Å². The average Bonchev–Trinajstić information content (AvgIpc) is 2.46. The third kappa shape index (κ3) is 4.82. The molecule has 0 bridgehead atoms. The van der Waals surface area contributed by atoms with E-state index in [0.717, 1.165) is 32.1 Å². The number of carbonyl (C=O) groups is 1. The minimum absolute atomic E-state index is 0.0175. The second kappa shape index (κ2) is 7.04. The molecule has 1 atom stereocenters. The molecule has 1 fully saturated rings. The lowest BCUT2D eigenvalue weighted by atomic mass is 9.91. The van der Waals surface area contributed by atoms with E-state index < -0.39 is 22.0 Å². The smallest absolute Gasteiger partial charge is 0.326 e. The molecular weight excluding hydrogens is 290 g/mol. The molecule has 1 aromatic carbocycles. The molecule has 2 N–H and O–H groups in total. The fraction of sp³-hybridized carbons (Fsp3) is 0.533. The third-order valence-corrected chi connectivity index (χ3v) is 5.36. The molecule has 21 heavy (non-hydrogen) atoms. The fourth-order valence-electron chi connectivity index (χ4n) is 2.80. The molecule has 0 amide bonds.